The Labute approximate surface area is 279 Å². The summed E-state index contributed by atoms with van der Waals surface area (Å²) in [5.41, 5.74) is 5.97. The monoisotopic (exact) mass is 728 g/mol. The van der Waals surface area contributed by atoms with Crippen molar-refractivity contribution in [1.82, 2.24) is 0 Å². The van der Waals surface area contributed by atoms with Crippen LogP contribution in [0.2, 0.25) is 0 Å². The van der Waals surface area contributed by atoms with Crippen LogP contribution >= 0.6 is 0 Å². The minimum atomic E-state index is -0.158. The maximum absolute atomic E-state index is 11.5. The molecule has 0 radical (unpaired) electrons. The predicted molar refractivity (Wildman–Crippen MR) is 168 cm³/mol. The zero-order valence-electron chi connectivity index (χ0n) is 28.0. The van der Waals surface area contributed by atoms with Crippen LogP contribution in [0.15, 0.2) is 24.3 Å². The third-order valence-corrected chi connectivity index (χ3v) is 10.3. The van der Waals surface area contributed by atoms with Crippen molar-refractivity contribution in [3.05, 3.63) is 57.6 Å². The number of hydrogen-bond acceptors (Lipinski definition) is 2. The molecule has 4 rings (SSSR count). The van der Waals surface area contributed by atoms with Crippen LogP contribution in [-0.2, 0) is 37.1 Å². The minimum absolute atomic E-state index is 0. The summed E-state index contributed by atoms with van der Waals surface area (Å²) in [6.45, 7) is 26.5. The molecule has 6 heteroatoms. The fraction of sp³-hybridized carbons (Fsp3) is 0.611. The molecule has 2 aromatic carbocycles. The second-order valence-electron chi connectivity index (χ2n) is 16.4. The summed E-state index contributed by atoms with van der Waals surface area (Å²) in [5, 5.41) is 23.0. The molecule has 1 saturated carbocycles. The van der Waals surface area contributed by atoms with E-state index in [1.807, 2.05) is 0 Å². The van der Waals surface area contributed by atoms with Gasteiger partial charge < -0.3 is 24.0 Å². The molecule has 1 saturated heterocycles. The second-order valence-corrected chi connectivity index (χ2v) is 17.8. The fourth-order valence-electron chi connectivity index (χ4n) is 5.90. The maximum atomic E-state index is 11.5. The average molecular weight is 729 g/mol. The summed E-state index contributed by atoms with van der Waals surface area (Å²) >= 11 is 0.376. The molecule has 2 fully saturated rings. The average Bonchev–Trinajstić information content (AvgIpc) is 3.15. The molecule has 0 unspecified atom stereocenters. The molecule has 2 N–H and O–H groups in total. The molecule has 4 nitrogen and oxygen atoms in total. The first-order valence-electron chi connectivity index (χ1n) is 15.4. The van der Waals surface area contributed by atoms with Gasteiger partial charge in [0, 0.05) is 0 Å². The van der Waals surface area contributed by atoms with Crippen LogP contribution in [0.25, 0.3) is 0 Å². The second kappa shape index (κ2) is 12.2. The zero-order chi connectivity index (χ0) is 30.7. The van der Waals surface area contributed by atoms with Crippen LogP contribution in [0.1, 0.15) is 142 Å². The Kier molecular flexibility index (Phi) is 10.2. The molecule has 1 heterocycles. The number of hydrogen-bond donors (Lipinski definition) is 2. The molecule has 0 bridgehead atoms. The molecular weight excluding hydrogens is 674 g/mol. The summed E-state index contributed by atoms with van der Waals surface area (Å²) in [7, 11) is 0. The summed E-state index contributed by atoms with van der Waals surface area (Å²) < 4.78 is 4.96. The van der Waals surface area contributed by atoms with E-state index in [9.17, 15) is 10.2 Å². The van der Waals surface area contributed by atoms with E-state index in [0.717, 1.165) is 35.1 Å². The van der Waals surface area contributed by atoms with Crippen molar-refractivity contribution in [2.45, 2.75) is 143 Å². The quantitative estimate of drug-likeness (QED) is 0.335. The van der Waals surface area contributed by atoms with Crippen LogP contribution in [0, 0.1) is 0 Å². The smallest absolute Gasteiger partial charge is 1.00 e. The Hall–Kier alpha value is -1.37. The molecule has 2 atom stereocenters. The molecule has 233 valence electrons. The number of phenols is 2. The summed E-state index contributed by atoms with van der Waals surface area (Å²) in [4.78, 5) is 0. The Balaban J connectivity index is 0.00000484. The number of rotatable bonds is 2. The molecule has 1 aliphatic carbocycles. The first-order chi connectivity index (χ1) is 18.7. The number of benzene rings is 2. The fourth-order valence-corrected chi connectivity index (χ4v) is 7.74. The first kappa shape index (κ1) is 35.1. The Morgan fingerprint density at radius 1 is 0.595 bits per heavy atom. The Morgan fingerprint density at radius 3 is 1.21 bits per heavy atom. The molecule has 0 spiro atoms. The van der Waals surface area contributed by atoms with Crippen LogP contribution < -0.4 is 24.0 Å². The first-order valence-corrected chi connectivity index (χ1v) is 16.4. The molecule has 2 aromatic rings. The van der Waals surface area contributed by atoms with Crippen molar-refractivity contribution in [1.29, 1.82) is 0 Å². The molecule has 0 aromatic heterocycles. The van der Waals surface area contributed by atoms with E-state index in [2.05, 4.69) is 127 Å². The maximum Gasteiger partial charge on any atom is -1.00 e. The van der Waals surface area contributed by atoms with Gasteiger partial charge in [-0.2, -0.15) is 0 Å². The Morgan fingerprint density at radius 2 is 0.929 bits per heavy atom. The van der Waals surface area contributed by atoms with Gasteiger partial charge in [-0.05, 0) is 0 Å². The third-order valence-electron chi connectivity index (χ3n) is 8.65. The normalized spacial score (nSPS) is 21.9. The van der Waals surface area contributed by atoms with E-state index in [0.29, 0.717) is 39.0 Å². The van der Waals surface area contributed by atoms with E-state index in [1.165, 1.54) is 24.0 Å². The van der Waals surface area contributed by atoms with Gasteiger partial charge in [-0.15, -0.1) is 0 Å². The van der Waals surface area contributed by atoms with Crippen molar-refractivity contribution >= 4 is 12.4 Å². The van der Waals surface area contributed by atoms with Gasteiger partial charge in [-0.1, -0.05) is 0 Å². The molecule has 0 amide bonds. The van der Waals surface area contributed by atoms with Crippen molar-refractivity contribution in [3.8, 4) is 11.5 Å². The number of nitrogens with zero attached hydrogens (tertiary/aromatic N) is 2. The van der Waals surface area contributed by atoms with Crippen LogP contribution in [0.4, 0.5) is 0 Å². The largest absolute Gasteiger partial charge is 1.00 e. The van der Waals surface area contributed by atoms with Gasteiger partial charge in [0.15, 0.2) is 0 Å². The van der Waals surface area contributed by atoms with Crippen molar-refractivity contribution < 1.29 is 56.8 Å². The van der Waals surface area contributed by atoms with Gasteiger partial charge in [0.05, 0.1) is 0 Å². The molecule has 42 heavy (non-hydrogen) atoms. The minimum Gasteiger partial charge on any atom is -1.00 e. The van der Waals surface area contributed by atoms with Gasteiger partial charge in [-0.3, -0.25) is 0 Å². The van der Waals surface area contributed by atoms with E-state index in [4.69, 9.17) is 0 Å². The summed E-state index contributed by atoms with van der Waals surface area (Å²) in [5.74, 6) is 0.798. The van der Waals surface area contributed by atoms with Gasteiger partial charge in [0.25, 0.3) is 0 Å². The number of aromatic hydroxyl groups is 2. The zero-order valence-corrected chi connectivity index (χ0v) is 31.3. The van der Waals surface area contributed by atoms with E-state index >= 15 is 0 Å². The third kappa shape index (κ3) is 7.46. The van der Waals surface area contributed by atoms with E-state index in [-0.39, 0.29) is 45.6 Å². The topological polar surface area (TPSA) is 46.5 Å². The molecule has 2 aliphatic rings. The van der Waals surface area contributed by atoms with Gasteiger partial charge in [0.1, 0.15) is 0 Å². The Bertz CT molecular complexity index is 1280. The van der Waals surface area contributed by atoms with Crippen LogP contribution in [-0.4, -0.2) is 41.9 Å². The standard InChI is InChI=1S/C36H54N2O2.HI.Mn/c1-33(2,3)25-17-23(31(39)27(19-25)35(7,8)9)21-37-29-15-13-14-16-30(29)38-22-24-18-26(34(4,5)6)20-28(32(24)40)36(10,11)12;;/h17-22,29-30,39-40H,13-16H2,1-12H3;1H;/q;;+2/p-1/t29-,30-;;/m1../s1. The molecule has 1 aliphatic heterocycles. The van der Waals surface area contributed by atoms with Crippen LogP contribution in [0.3, 0.4) is 0 Å². The SMILES string of the molecule is CC(C)(C)c1cc(C=[N+]2[Mn][N+](=Cc3cc(C(C)(C)C)cc(C(C)(C)C)c3O)[C@@H]3CCCC[C@H]32)c(O)c(C(C)(C)C)c1.[I-]. The van der Waals surface area contributed by atoms with Crippen molar-refractivity contribution in [2.75, 3.05) is 0 Å². The summed E-state index contributed by atoms with van der Waals surface area (Å²) in [6, 6.07) is 9.56. The predicted octanol–water partition coefficient (Wildman–Crippen LogP) is 5.09. The molecular formula is C36H54IMnN2O2+. The number of fused-ring (bicyclic) bond motifs is 1. The van der Waals surface area contributed by atoms with Gasteiger partial charge in [-0.25, -0.2) is 0 Å². The van der Waals surface area contributed by atoms with E-state index in [1.54, 1.807) is 0 Å². The van der Waals surface area contributed by atoms with Gasteiger partial charge >= 0.3 is 257 Å². The van der Waals surface area contributed by atoms with Gasteiger partial charge in [0.2, 0.25) is 0 Å². The summed E-state index contributed by atoms with van der Waals surface area (Å²) in [6.07, 6.45) is 9.19. The van der Waals surface area contributed by atoms with E-state index < -0.39 is 0 Å². The van der Waals surface area contributed by atoms with Crippen LogP contribution in [0.5, 0.6) is 11.5 Å². The number of halogens is 1. The number of phenolic OH excluding ortho intramolecular Hbond substituents is 2. The van der Waals surface area contributed by atoms with Crippen molar-refractivity contribution in [2.24, 2.45) is 0 Å². The van der Waals surface area contributed by atoms with Crippen molar-refractivity contribution in [3.63, 3.8) is 0 Å².